The maximum absolute atomic E-state index is 11.9. The molecule has 2 unspecified atom stereocenters. The van der Waals surface area contributed by atoms with Gasteiger partial charge in [-0.15, -0.1) is 0 Å². The minimum absolute atomic E-state index is 0.0214. The summed E-state index contributed by atoms with van der Waals surface area (Å²) in [5.41, 5.74) is 0. The lowest BCUT2D eigenvalue weighted by atomic mass is 10.0. The van der Waals surface area contributed by atoms with Crippen LogP contribution in [0.5, 0.6) is 0 Å². The highest BCUT2D eigenvalue weighted by Gasteiger charge is 2.38. The summed E-state index contributed by atoms with van der Waals surface area (Å²) in [4.78, 5) is 36.2. The maximum Gasteiger partial charge on any atom is 0.321 e. The zero-order chi connectivity index (χ0) is 15.4. The topological polar surface area (TPSA) is 108 Å². The molecule has 1 aliphatic heterocycles. The molecule has 0 aromatic carbocycles. The van der Waals surface area contributed by atoms with E-state index in [2.05, 4.69) is 10.6 Å². The van der Waals surface area contributed by atoms with Gasteiger partial charge in [0.25, 0.3) is 0 Å². The van der Waals surface area contributed by atoms with Crippen LogP contribution in [0.15, 0.2) is 0 Å². The van der Waals surface area contributed by atoms with Crippen molar-refractivity contribution >= 4 is 17.9 Å². The molecule has 0 bridgehead atoms. The second-order valence-corrected chi connectivity index (χ2v) is 5.41. The number of carbonyl (C=O) groups excluding carboxylic acids is 2. The van der Waals surface area contributed by atoms with E-state index in [1.165, 1.54) is 0 Å². The van der Waals surface area contributed by atoms with Crippen LogP contribution in [0.2, 0.25) is 0 Å². The van der Waals surface area contributed by atoms with E-state index in [9.17, 15) is 14.4 Å². The van der Waals surface area contributed by atoms with Gasteiger partial charge in [-0.25, -0.2) is 4.79 Å². The lowest BCUT2D eigenvalue weighted by Gasteiger charge is -2.28. The van der Waals surface area contributed by atoms with Crippen molar-refractivity contribution in [1.29, 1.82) is 0 Å². The predicted molar refractivity (Wildman–Crippen MR) is 72.7 cm³/mol. The monoisotopic (exact) mass is 299 g/mol. The molecule has 0 radical (unpaired) electrons. The Balaban J connectivity index is 1.84. The zero-order valence-electron chi connectivity index (χ0n) is 12.0. The third-order valence-electron chi connectivity index (χ3n) is 3.76. The van der Waals surface area contributed by atoms with Crippen molar-refractivity contribution < 1.29 is 24.2 Å². The molecule has 2 rings (SSSR count). The van der Waals surface area contributed by atoms with E-state index in [1.807, 2.05) is 6.92 Å². The van der Waals surface area contributed by atoms with Gasteiger partial charge in [0.2, 0.25) is 5.91 Å². The molecule has 3 N–H and O–H groups in total. The third kappa shape index (κ3) is 4.40. The van der Waals surface area contributed by atoms with Crippen LogP contribution in [0.1, 0.15) is 19.8 Å². The average Bonchev–Trinajstić information content (AvgIpc) is 3.07. The molecule has 1 saturated carbocycles. The van der Waals surface area contributed by atoms with Gasteiger partial charge in [0.15, 0.2) is 0 Å². The molecule has 21 heavy (non-hydrogen) atoms. The lowest BCUT2D eigenvalue weighted by molar-refractivity contribution is -0.143. The van der Waals surface area contributed by atoms with Gasteiger partial charge in [-0.2, -0.15) is 0 Å². The Bertz CT molecular complexity index is 424. The number of hydrogen-bond acceptors (Lipinski definition) is 5. The van der Waals surface area contributed by atoms with Gasteiger partial charge in [0, 0.05) is 12.1 Å². The average molecular weight is 299 g/mol. The Kier molecular flexibility index (Phi) is 5.13. The number of urea groups is 1. The Morgan fingerprint density at radius 1 is 1.29 bits per heavy atom. The van der Waals surface area contributed by atoms with Crippen molar-refractivity contribution in [2.24, 2.45) is 5.92 Å². The zero-order valence-corrected chi connectivity index (χ0v) is 12.0. The molecule has 1 heterocycles. The van der Waals surface area contributed by atoms with Crippen LogP contribution in [-0.2, 0) is 14.3 Å². The van der Waals surface area contributed by atoms with Gasteiger partial charge in [-0.1, -0.05) is 6.92 Å². The smallest absolute Gasteiger partial charge is 0.321 e. The Morgan fingerprint density at radius 3 is 2.57 bits per heavy atom. The number of amides is 3. The van der Waals surface area contributed by atoms with E-state index in [0.717, 1.165) is 12.8 Å². The van der Waals surface area contributed by atoms with Gasteiger partial charge < -0.3 is 15.2 Å². The summed E-state index contributed by atoms with van der Waals surface area (Å²) in [6, 6.07) is -0.652. The van der Waals surface area contributed by atoms with Crippen molar-refractivity contribution in [3.63, 3.8) is 0 Å². The Morgan fingerprint density at radius 2 is 2.00 bits per heavy atom. The van der Waals surface area contributed by atoms with Crippen molar-refractivity contribution in [2.75, 3.05) is 26.3 Å². The summed E-state index contributed by atoms with van der Waals surface area (Å²) in [5, 5.41) is 14.1. The standard InChI is InChI=1S/C13H21N3O5/c1-2-16(10-7-21-6-9(10)12(18)19)5-11(17)15-13(20)14-8-3-4-8/h8-10H,2-7H2,1H3,(H,18,19)(H2,14,15,17,20). The highest BCUT2D eigenvalue weighted by atomic mass is 16.5. The lowest BCUT2D eigenvalue weighted by Crippen LogP contribution is -2.50. The fourth-order valence-electron chi connectivity index (χ4n) is 2.40. The van der Waals surface area contributed by atoms with Crippen molar-refractivity contribution in [3.05, 3.63) is 0 Å². The SMILES string of the molecule is CCN(CC(=O)NC(=O)NC1CC1)C1COCC1C(=O)O. The molecular weight excluding hydrogens is 278 g/mol. The second-order valence-electron chi connectivity index (χ2n) is 5.41. The minimum atomic E-state index is -0.928. The molecule has 2 aliphatic rings. The first kappa shape index (κ1) is 15.7. The number of imide groups is 1. The van der Waals surface area contributed by atoms with Crippen LogP contribution in [-0.4, -0.2) is 66.3 Å². The van der Waals surface area contributed by atoms with E-state index in [0.29, 0.717) is 6.54 Å². The Hall–Kier alpha value is -1.67. The van der Waals surface area contributed by atoms with Crippen LogP contribution in [0.4, 0.5) is 4.79 Å². The highest BCUT2D eigenvalue weighted by molar-refractivity contribution is 5.95. The van der Waals surface area contributed by atoms with E-state index in [-0.39, 0.29) is 31.8 Å². The molecular formula is C13H21N3O5. The maximum atomic E-state index is 11.9. The minimum Gasteiger partial charge on any atom is -0.481 e. The van der Waals surface area contributed by atoms with Crippen molar-refractivity contribution in [2.45, 2.75) is 31.8 Å². The Labute approximate surface area is 122 Å². The second kappa shape index (κ2) is 6.86. The first-order valence-electron chi connectivity index (χ1n) is 7.16. The molecule has 8 heteroatoms. The van der Waals surface area contributed by atoms with Crippen molar-refractivity contribution in [3.8, 4) is 0 Å². The molecule has 0 spiro atoms. The summed E-state index contributed by atoms with van der Waals surface area (Å²) in [5.74, 6) is -2.01. The number of nitrogens with one attached hydrogen (secondary N) is 2. The van der Waals surface area contributed by atoms with Gasteiger partial charge in [0.05, 0.1) is 25.7 Å². The number of rotatable bonds is 6. The van der Waals surface area contributed by atoms with E-state index in [1.54, 1.807) is 4.90 Å². The van der Waals surface area contributed by atoms with Crippen LogP contribution < -0.4 is 10.6 Å². The fraction of sp³-hybridized carbons (Fsp3) is 0.769. The number of carboxylic acid groups (broad SMARTS) is 1. The summed E-state index contributed by atoms with van der Waals surface area (Å²) < 4.78 is 5.20. The number of carbonyl (C=O) groups is 3. The molecule has 2 fully saturated rings. The number of likely N-dealkylation sites (N-methyl/N-ethyl adjacent to an activating group) is 1. The molecule has 0 aromatic heterocycles. The predicted octanol–water partition coefficient (Wildman–Crippen LogP) is -0.604. The van der Waals surface area contributed by atoms with Gasteiger partial charge >= 0.3 is 12.0 Å². The number of ether oxygens (including phenoxy) is 1. The van der Waals surface area contributed by atoms with Crippen LogP contribution in [0.3, 0.4) is 0 Å². The quantitative estimate of drug-likeness (QED) is 0.604. The fourth-order valence-corrected chi connectivity index (χ4v) is 2.40. The summed E-state index contributed by atoms with van der Waals surface area (Å²) in [6.07, 6.45) is 1.89. The van der Waals surface area contributed by atoms with E-state index >= 15 is 0 Å². The molecule has 1 aliphatic carbocycles. The van der Waals surface area contributed by atoms with Crippen LogP contribution >= 0.6 is 0 Å². The normalized spacial score (nSPS) is 24.9. The molecule has 8 nitrogen and oxygen atoms in total. The van der Waals surface area contributed by atoms with Crippen LogP contribution in [0.25, 0.3) is 0 Å². The summed E-state index contributed by atoms with van der Waals surface area (Å²) in [7, 11) is 0. The first-order valence-corrected chi connectivity index (χ1v) is 7.16. The van der Waals surface area contributed by atoms with E-state index < -0.39 is 23.8 Å². The number of aliphatic carboxylic acids is 1. The number of hydrogen-bond donors (Lipinski definition) is 3. The molecule has 2 atom stereocenters. The van der Waals surface area contributed by atoms with Gasteiger partial charge in [-0.05, 0) is 19.4 Å². The molecule has 0 aromatic rings. The molecule has 1 saturated heterocycles. The number of nitrogens with zero attached hydrogens (tertiary/aromatic N) is 1. The number of carboxylic acids is 1. The summed E-state index contributed by atoms with van der Waals surface area (Å²) >= 11 is 0. The third-order valence-corrected chi connectivity index (χ3v) is 3.76. The summed E-state index contributed by atoms with van der Waals surface area (Å²) in [6.45, 7) is 2.77. The van der Waals surface area contributed by atoms with Crippen molar-refractivity contribution in [1.82, 2.24) is 15.5 Å². The molecule has 118 valence electrons. The molecule has 3 amide bonds. The van der Waals surface area contributed by atoms with E-state index in [4.69, 9.17) is 9.84 Å². The highest BCUT2D eigenvalue weighted by Crippen LogP contribution is 2.20. The first-order chi connectivity index (χ1) is 10.0. The van der Waals surface area contributed by atoms with Crippen LogP contribution in [0, 0.1) is 5.92 Å². The van der Waals surface area contributed by atoms with Gasteiger partial charge in [0.1, 0.15) is 0 Å². The largest absolute Gasteiger partial charge is 0.481 e. The van der Waals surface area contributed by atoms with Gasteiger partial charge in [-0.3, -0.25) is 19.8 Å².